The van der Waals surface area contributed by atoms with Gasteiger partial charge in [-0.25, -0.2) is 9.59 Å². The van der Waals surface area contributed by atoms with Crippen LogP contribution in [0.5, 0.6) is 0 Å². The highest BCUT2D eigenvalue weighted by molar-refractivity contribution is 9.10. The lowest BCUT2D eigenvalue weighted by Gasteiger charge is -2.09. The van der Waals surface area contributed by atoms with E-state index in [0.717, 1.165) is 16.2 Å². The van der Waals surface area contributed by atoms with Gasteiger partial charge < -0.3 is 5.11 Å². The second-order valence-electron chi connectivity index (χ2n) is 3.23. The summed E-state index contributed by atoms with van der Waals surface area (Å²) < 4.78 is 2.16. The monoisotopic (exact) mass is 286 g/mol. The van der Waals surface area contributed by atoms with Gasteiger partial charge in [-0.1, -0.05) is 6.08 Å². The van der Waals surface area contributed by atoms with Crippen LogP contribution in [0.1, 0.15) is 11.4 Å². The van der Waals surface area contributed by atoms with Crippen molar-refractivity contribution in [3.05, 3.63) is 38.5 Å². The molecule has 0 aliphatic carbocycles. The lowest BCUT2D eigenvalue weighted by molar-refractivity contribution is -0.131. The minimum Gasteiger partial charge on any atom is -0.478 e. The molecule has 6 heteroatoms. The lowest BCUT2D eigenvalue weighted by Crippen LogP contribution is -2.26. The van der Waals surface area contributed by atoms with E-state index in [-0.39, 0.29) is 12.2 Å². The Morgan fingerprint density at radius 2 is 2.19 bits per heavy atom. The number of halogens is 1. The summed E-state index contributed by atoms with van der Waals surface area (Å²) >= 11 is 3.32. The van der Waals surface area contributed by atoms with Crippen LogP contribution in [0.2, 0.25) is 0 Å². The van der Waals surface area contributed by atoms with E-state index in [1.54, 1.807) is 13.8 Å². The third kappa shape index (κ3) is 2.79. The van der Waals surface area contributed by atoms with Gasteiger partial charge in [-0.3, -0.25) is 4.57 Å². The minimum atomic E-state index is -1.04. The molecule has 1 heterocycles. The number of carboxylic acids is 1. The molecule has 0 fully saturated rings. The Morgan fingerprint density at radius 1 is 1.56 bits per heavy atom. The van der Waals surface area contributed by atoms with E-state index in [1.807, 2.05) is 0 Å². The number of carboxylic acid groups (broad SMARTS) is 1. The molecule has 0 saturated carbocycles. The molecule has 5 nitrogen and oxygen atoms in total. The highest BCUT2D eigenvalue weighted by atomic mass is 79.9. The maximum absolute atomic E-state index is 11.5. The molecule has 1 aromatic rings. The van der Waals surface area contributed by atoms with E-state index in [1.165, 1.54) is 10.6 Å². The number of nitrogens with zero attached hydrogens (tertiary/aromatic N) is 2. The Morgan fingerprint density at radius 3 is 2.75 bits per heavy atom. The van der Waals surface area contributed by atoms with Gasteiger partial charge in [0.05, 0.1) is 10.2 Å². The summed E-state index contributed by atoms with van der Waals surface area (Å²) in [5.41, 5.74) is 0.974. The van der Waals surface area contributed by atoms with Crippen LogP contribution < -0.4 is 5.69 Å². The normalized spacial score (nSPS) is 10.9. The van der Waals surface area contributed by atoms with Gasteiger partial charge in [-0.15, -0.1) is 0 Å². The SMILES string of the molecule is Cc1nc(=O)n(C/C=C/C(=O)O)c(C)c1Br. The van der Waals surface area contributed by atoms with Crippen molar-refractivity contribution in [1.82, 2.24) is 9.55 Å². The van der Waals surface area contributed by atoms with E-state index in [9.17, 15) is 9.59 Å². The third-order valence-electron chi connectivity index (χ3n) is 2.08. The smallest absolute Gasteiger partial charge is 0.348 e. The average Bonchev–Trinajstić information content (AvgIpc) is 2.19. The summed E-state index contributed by atoms with van der Waals surface area (Å²) in [5.74, 6) is -1.04. The number of allylic oxidation sites excluding steroid dienone is 1. The highest BCUT2D eigenvalue weighted by Crippen LogP contribution is 2.16. The average molecular weight is 287 g/mol. The van der Waals surface area contributed by atoms with E-state index < -0.39 is 5.97 Å². The molecule has 86 valence electrons. The van der Waals surface area contributed by atoms with Gasteiger partial charge in [-0.2, -0.15) is 4.98 Å². The van der Waals surface area contributed by atoms with Crippen LogP contribution in [0.4, 0.5) is 0 Å². The molecule has 0 atom stereocenters. The summed E-state index contributed by atoms with van der Waals surface area (Å²) in [4.78, 5) is 25.6. The quantitative estimate of drug-likeness (QED) is 0.850. The number of hydrogen-bond donors (Lipinski definition) is 1. The van der Waals surface area contributed by atoms with Gasteiger partial charge in [0.2, 0.25) is 0 Å². The zero-order valence-electron chi connectivity index (χ0n) is 8.90. The Hall–Kier alpha value is -1.43. The van der Waals surface area contributed by atoms with Crippen LogP contribution in [0.3, 0.4) is 0 Å². The fourth-order valence-corrected chi connectivity index (χ4v) is 1.55. The fraction of sp³-hybridized carbons (Fsp3) is 0.300. The third-order valence-corrected chi connectivity index (χ3v) is 3.23. The Labute approximate surface area is 101 Å². The van der Waals surface area contributed by atoms with Crippen LogP contribution in [0, 0.1) is 13.8 Å². The molecule has 0 radical (unpaired) electrons. The number of hydrogen-bond acceptors (Lipinski definition) is 3. The predicted molar refractivity (Wildman–Crippen MR) is 62.4 cm³/mol. The molecule has 1 aromatic heterocycles. The number of aryl methyl sites for hydroxylation is 1. The molecule has 16 heavy (non-hydrogen) atoms. The van der Waals surface area contributed by atoms with Gasteiger partial charge >= 0.3 is 11.7 Å². The standard InChI is InChI=1S/C10H11BrN2O3/c1-6-9(11)7(2)13(10(16)12-6)5-3-4-8(14)15/h3-4H,5H2,1-2H3,(H,14,15)/b4-3+. The van der Waals surface area contributed by atoms with E-state index in [4.69, 9.17) is 5.11 Å². The Balaban J connectivity index is 3.10. The first-order valence-electron chi connectivity index (χ1n) is 4.56. The number of carbonyl (C=O) groups is 1. The molecule has 0 aromatic carbocycles. The summed E-state index contributed by atoms with van der Waals surface area (Å²) in [6, 6.07) is 0. The van der Waals surface area contributed by atoms with Gasteiger partial charge in [0.25, 0.3) is 0 Å². The first kappa shape index (κ1) is 12.6. The number of aromatic nitrogens is 2. The number of aliphatic carboxylic acids is 1. The molecule has 0 aliphatic heterocycles. The second kappa shape index (κ2) is 5.07. The molecular formula is C10H11BrN2O3. The first-order valence-corrected chi connectivity index (χ1v) is 5.35. The maximum Gasteiger partial charge on any atom is 0.348 e. The van der Waals surface area contributed by atoms with Crippen molar-refractivity contribution in [2.45, 2.75) is 20.4 Å². The molecule has 1 rings (SSSR count). The summed E-state index contributed by atoms with van der Waals surface area (Å²) in [6.07, 6.45) is 2.40. The molecular weight excluding hydrogens is 276 g/mol. The minimum absolute atomic E-state index is 0.197. The van der Waals surface area contributed by atoms with Gasteiger partial charge in [-0.05, 0) is 29.8 Å². The Bertz CT molecular complexity index is 506. The summed E-state index contributed by atoms with van der Waals surface area (Å²) in [6.45, 7) is 3.70. The summed E-state index contributed by atoms with van der Waals surface area (Å²) in [5, 5.41) is 8.43. The van der Waals surface area contributed by atoms with Gasteiger partial charge in [0.1, 0.15) is 0 Å². The highest BCUT2D eigenvalue weighted by Gasteiger charge is 2.07. The molecule has 0 saturated heterocycles. The number of rotatable bonds is 3. The van der Waals surface area contributed by atoms with Crippen LogP contribution in [-0.2, 0) is 11.3 Å². The lowest BCUT2D eigenvalue weighted by atomic mass is 10.3. The van der Waals surface area contributed by atoms with Crippen molar-refractivity contribution in [3.63, 3.8) is 0 Å². The van der Waals surface area contributed by atoms with Crippen molar-refractivity contribution in [2.24, 2.45) is 0 Å². The van der Waals surface area contributed by atoms with E-state index in [2.05, 4.69) is 20.9 Å². The molecule has 0 bridgehead atoms. The van der Waals surface area contributed by atoms with Crippen LogP contribution >= 0.6 is 15.9 Å². The molecule has 0 unspecified atom stereocenters. The van der Waals surface area contributed by atoms with Crippen molar-refractivity contribution >= 4 is 21.9 Å². The summed E-state index contributed by atoms with van der Waals surface area (Å²) in [7, 11) is 0. The van der Waals surface area contributed by atoms with Crippen LogP contribution in [-0.4, -0.2) is 20.6 Å². The van der Waals surface area contributed by atoms with Gasteiger partial charge in [0, 0.05) is 18.3 Å². The zero-order valence-corrected chi connectivity index (χ0v) is 10.5. The molecule has 0 amide bonds. The van der Waals surface area contributed by atoms with Crippen LogP contribution in [0.25, 0.3) is 0 Å². The van der Waals surface area contributed by atoms with E-state index >= 15 is 0 Å². The Kier molecular flexibility index (Phi) is 4.00. The van der Waals surface area contributed by atoms with E-state index in [0.29, 0.717) is 5.69 Å². The second-order valence-corrected chi connectivity index (χ2v) is 4.02. The zero-order chi connectivity index (χ0) is 12.3. The largest absolute Gasteiger partial charge is 0.478 e. The molecule has 1 N–H and O–H groups in total. The van der Waals surface area contributed by atoms with Crippen molar-refractivity contribution in [2.75, 3.05) is 0 Å². The van der Waals surface area contributed by atoms with Crippen molar-refractivity contribution in [1.29, 1.82) is 0 Å². The van der Waals surface area contributed by atoms with Crippen LogP contribution in [0.15, 0.2) is 21.4 Å². The molecule has 0 spiro atoms. The first-order chi connectivity index (χ1) is 7.43. The van der Waals surface area contributed by atoms with Crippen molar-refractivity contribution < 1.29 is 9.90 Å². The topological polar surface area (TPSA) is 72.2 Å². The maximum atomic E-state index is 11.5. The molecule has 0 aliphatic rings. The predicted octanol–water partition coefficient (Wildman–Crippen LogP) is 1.26. The fourth-order valence-electron chi connectivity index (χ4n) is 1.25. The van der Waals surface area contributed by atoms with Crippen molar-refractivity contribution in [3.8, 4) is 0 Å². The van der Waals surface area contributed by atoms with Gasteiger partial charge in [0.15, 0.2) is 0 Å².